The Labute approximate surface area is 127 Å². The highest BCUT2D eigenvalue weighted by Crippen LogP contribution is 2.16. The van der Waals surface area contributed by atoms with Gasteiger partial charge in [0.2, 0.25) is 4.96 Å². The molecular weight excluding hydrogens is 284 g/mol. The number of hydrogen-bond donors (Lipinski definition) is 0. The van der Waals surface area contributed by atoms with Crippen molar-refractivity contribution in [1.82, 2.24) is 19.8 Å². The average Bonchev–Trinajstić information content (AvgIpc) is 3.07. The van der Waals surface area contributed by atoms with Crippen molar-refractivity contribution in [2.24, 2.45) is 0 Å². The van der Waals surface area contributed by atoms with Gasteiger partial charge in [0.15, 0.2) is 5.82 Å². The maximum atomic E-state index is 5.08. The Balaban J connectivity index is 1.61. The summed E-state index contributed by atoms with van der Waals surface area (Å²) in [4.78, 5) is 0.871. The number of ether oxygens (including phenoxy) is 1. The maximum absolute atomic E-state index is 5.08. The smallest absolute Gasteiger partial charge is 0.234 e. The van der Waals surface area contributed by atoms with Crippen molar-refractivity contribution < 1.29 is 4.74 Å². The summed E-state index contributed by atoms with van der Waals surface area (Å²) in [7, 11) is 1.69. The zero-order chi connectivity index (χ0) is 14.5. The molecule has 2 aromatic heterocycles. The molecule has 5 nitrogen and oxygen atoms in total. The van der Waals surface area contributed by atoms with Gasteiger partial charge in [0, 0.05) is 20.0 Å². The van der Waals surface area contributed by atoms with Crippen molar-refractivity contribution in [2.75, 3.05) is 13.7 Å². The largest absolute Gasteiger partial charge is 0.384 e. The molecule has 0 aliphatic heterocycles. The van der Waals surface area contributed by atoms with Crippen molar-refractivity contribution in [3.63, 3.8) is 0 Å². The van der Waals surface area contributed by atoms with Crippen LogP contribution in [0.15, 0.2) is 30.3 Å². The van der Waals surface area contributed by atoms with Crippen LogP contribution in [-0.4, -0.2) is 33.5 Å². The van der Waals surface area contributed by atoms with E-state index in [4.69, 9.17) is 4.74 Å². The third-order valence-corrected chi connectivity index (χ3v) is 4.28. The second kappa shape index (κ2) is 6.78. The van der Waals surface area contributed by atoms with Gasteiger partial charge in [-0.1, -0.05) is 41.7 Å². The van der Waals surface area contributed by atoms with Gasteiger partial charge < -0.3 is 4.74 Å². The van der Waals surface area contributed by atoms with E-state index in [0.29, 0.717) is 6.61 Å². The van der Waals surface area contributed by atoms with Gasteiger partial charge in [-0.2, -0.15) is 9.61 Å². The normalized spacial score (nSPS) is 11.3. The van der Waals surface area contributed by atoms with Crippen LogP contribution in [-0.2, 0) is 24.0 Å². The molecule has 0 saturated heterocycles. The zero-order valence-corrected chi connectivity index (χ0v) is 12.8. The third kappa shape index (κ3) is 3.46. The number of aryl methyl sites for hydroxylation is 2. The molecule has 21 heavy (non-hydrogen) atoms. The van der Waals surface area contributed by atoms with Gasteiger partial charge >= 0.3 is 0 Å². The molecule has 0 atom stereocenters. The van der Waals surface area contributed by atoms with Crippen molar-refractivity contribution >= 4 is 16.3 Å². The van der Waals surface area contributed by atoms with Crippen molar-refractivity contribution in [2.45, 2.75) is 25.7 Å². The maximum Gasteiger partial charge on any atom is 0.234 e. The van der Waals surface area contributed by atoms with Gasteiger partial charge in [-0.15, -0.1) is 10.2 Å². The summed E-state index contributed by atoms with van der Waals surface area (Å²) in [6.45, 7) is 0.641. The summed E-state index contributed by atoms with van der Waals surface area (Å²) in [6.07, 6.45) is 3.90. The lowest BCUT2D eigenvalue weighted by Gasteiger charge is -1.99. The van der Waals surface area contributed by atoms with Crippen molar-refractivity contribution in [1.29, 1.82) is 0 Å². The average molecular weight is 302 g/mol. The molecule has 0 amide bonds. The lowest BCUT2D eigenvalue weighted by molar-refractivity contribution is 0.200. The highest BCUT2D eigenvalue weighted by atomic mass is 32.1. The SMILES string of the molecule is COCCc1nnc2sc(CCCc3ccccc3)nn12. The number of methoxy groups -OCH3 is 1. The molecule has 0 aliphatic carbocycles. The van der Waals surface area contributed by atoms with Crippen molar-refractivity contribution in [3.05, 3.63) is 46.7 Å². The highest BCUT2D eigenvalue weighted by Gasteiger charge is 2.11. The van der Waals surface area contributed by atoms with E-state index in [1.165, 1.54) is 5.56 Å². The Morgan fingerprint density at radius 2 is 1.95 bits per heavy atom. The molecule has 0 aliphatic rings. The summed E-state index contributed by atoms with van der Waals surface area (Å²) in [5.74, 6) is 0.873. The molecule has 1 aromatic carbocycles. The second-order valence-electron chi connectivity index (χ2n) is 4.89. The first-order valence-electron chi connectivity index (χ1n) is 7.09. The van der Waals surface area contributed by atoms with Gasteiger partial charge in [0.1, 0.15) is 5.01 Å². The molecule has 0 saturated carbocycles. The summed E-state index contributed by atoms with van der Waals surface area (Å²) in [5.41, 5.74) is 1.38. The Morgan fingerprint density at radius 1 is 1.10 bits per heavy atom. The molecule has 2 heterocycles. The standard InChI is InChI=1S/C15H18N4OS/c1-20-11-10-13-16-17-15-19(13)18-14(21-15)9-5-8-12-6-3-2-4-7-12/h2-4,6-7H,5,8-11H2,1H3. The van der Waals surface area contributed by atoms with Crippen LogP contribution in [0.1, 0.15) is 22.8 Å². The van der Waals surface area contributed by atoms with Crippen LogP contribution in [0.4, 0.5) is 0 Å². The minimum atomic E-state index is 0.641. The minimum Gasteiger partial charge on any atom is -0.384 e. The van der Waals surface area contributed by atoms with Crippen LogP contribution in [0.25, 0.3) is 4.96 Å². The molecule has 0 fully saturated rings. The first-order chi connectivity index (χ1) is 10.4. The van der Waals surface area contributed by atoms with E-state index in [-0.39, 0.29) is 0 Å². The first kappa shape index (κ1) is 14.2. The topological polar surface area (TPSA) is 52.3 Å². The number of aromatic nitrogens is 4. The predicted molar refractivity (Wildman–Crippen MR) is 82.7 cm³/mol. The molecule has 0 bridgehead atoms. The molecule has 3 rings (SSSR count). The molecule has 110 valence electrons. The van der Waals surface area contributed by atoms with E-state index in [1.54, 1.807) is 18.4 Å². The van der Waals surface area contributed by atoms with Crippen LogP contribution in [0.2, 0.25) is 0 Å². The van der Waals surface area contributed by atoms with Gasteiger partial charge in [0.25, 0.3) is 0 Å². The third-order valence-electron chi connectivity index (χ3n) is 3.33. The van der Waals surface area contributed by atoms with E-state index in [9.17, 15) is 0 Å². The van der Waals surface area contributed by atoms with Gasteiger partial charge in [-0.05, 0) is 18.4 Å². The van der Waals surface area contributed by atoms with Crippen LogP contribution in [0.3, 0.4) is 0 Å². The molecular formula is C15H18N4OS. The fourth-order valence-corrected chi connectivity index (χ4v) is 3.13. The number of fused-ring (bicyclic) bond motifs is 1. The van der Waals surface area contributed by atoms with E-state index in [2.05, 4.69) is 39.6 Å². The Kier molecular flexibility index (Phi) is 4.57. The number of nitrogens with zero attached hydrogens (tertiary/aromatic N) is 4. The van der Waals surface area contributed by atoms with E-state index >= 15 is 0 Å². The summed E-state index contributed by atoms with van der Waals surface area (Å²) < 4.78 is 6.93. The van der Waals surface area contributed by atoms with E-state index in [1.807, 2.05) is 10.6 Å². The quantitative estimate of drug-likeness (QED) is 0.673. The summed E-state index contributed by atoms with van der Waals surface area (Å²) in [5, 5.41) is 14.0. The number of hydrogen-bond acceptors (Lipinski definition) is 5. The molecule has 0 N–H and O–H groups in total. The van der Waals surface area contributed by atoms with E-state index in [0.717, 1.165) is 41.5 Å². The van der Waals surface area contributed by atoms with Gasteiger partial charge in [0.05, 0.1) is 6.61 Å². The van der Waals surface area contributed by atoms with E-state index < -0.39 is 0 Å². The fraction of sp³-hybridized carbons (Fsp3) is 0.400. The molecule has 3 aromatic rings. The first-order valence-corrected chi connectivity index (χ1v) is 7.91. The van der Waals surface area contributed by atoms with Gasteiger partial charge in [-0.3, -0.25) is 0 Å². The minimum absolute atomic E-state index is 0.641. The summed E-state index contributed by atoms with van der Waals surface area (Å²) in [6, 6.07) is 10.6. The molecule has 6 heteroatoms. The Hall–Kier alpha value is -1.79. The van der Waals surface area contributed by atoms with Crippen LogP contribution < -0.4 is 0 Å². The second-order valence-corrected chi connectivity index (χ2v) is 5.93. The van der Waals surface area contributed by atoms with Gasteiger partial charge in [-0.25, -0.2) is 0 Å². The Bertz CT molecular complexity index is 692. The number of benzene rings is 1. The van der Waals surface area contributed by atoms with Crippen LogP contribution in [0, 0.1) is 0 Å². The highest BCUT2D eigenvalue weighted by molar-refractivity contribution is 7.16. The summed E-state index contributed by atoms with van der Waals surface area (Å²) >= 11 is 1.62. The number of rotatable bonds is 7. The van der Waals surface area contributed by atoms with Crippen LogP contribution >= 0.6 is 11.3 Å². The molecule has 0 unspecified atom stereocenters. The lowest BCUT2D eigenvalue weighted by Crippen LogP contribution is -2.02. The Morgan fingerprint density at radius 3 is 2.76 bits per heavy atom. The molecule has 0 spiro atoms. The predicted octanol–water partition coefficient (Wildman–Crippen LogP) is 2.55. The van der Waals surface area contributed by atoms with Crippen molar-refractivity contribution in [3.8, 4) is 0 Å². The monoisotopic (exact) mass is 302 g/mol. The lowest BCUT2D eigenvalue weighted by atomic mass is 10.1. The zero-order valence-electron chi connectivity index (χ0n) is 12.0. The van der Waals surface area contributed by atoms with Crippen LogP contribution in [0.5, 0.6) is 0 Å². The fourth-order valence-electron chi connectivity index (χ4n) is 2.24. The molecule has 0 radical (unpaired) electrons.